The highest BCUT2D eigenvalue weighted by Gasteiger charge is 2.25. The van der Waals surface area contributed by atoms with Gasteiger partial charge >= 0.3 is 6.00 Å². The fourth-order valence-corrected chi connectivity index (χ4v) is 2.47. The van der Waals surface area contributed by atoms with Gasteiger partial charge in [-0.3, -0.25) is 0 Å². The van der Waals surface area contributed by atoms with E-state index in [0.29, 0.717) is 6.04 Å². The molecule has 0 fully saturated rings. The Morgan fingerprint density at radius 3 is 2.10 bits per heavy atom. The molecule has 0 aromatic rings. The summed E-state index contributed by atoms with van der Waals surface area (Å²) >= 11 is 22.8. The molecule has 0 N–H and O–H groups in total. The van der Waals surface area contributed by atoms with Crippen LogP contribution in [-0.2, 0) is 0 Å². The summed E-state index contributed by atoms with van der Waals surface area (Å²) in [7, 11) is 0. The van der Waals surface area contributed by atoms with E-state index in [9.17, 15) is 0 Å². The van der Waals surface area contributed by atoms with Crippen LogP contribution in [0.4, 0.5) is 0 Å². The third-order valence-electron chi connectivity index (χ3n) is 1.18. The lowest BCUT2D eigenvalue weighted by molar-refractivity contribution is 0.779. The lowest BCUT2D eigenvalue weighted by Crippen LogP contribution is -2.11. The molecule has 0 radical (unpaired) electrons. The predicted octanol–water partition coefficient (Wildman–Crippen LogP) is 4.05. The number of hydrogen-bond donors (Lipinski definition) is 0. The molecule has 0 spiro atoms. The fraction of sp³-hybridized carbons (Fsp3) is 1.00. The summed E-state index contributed by atoms with van der Waals surface area (Å²) in [5, 5.41) is 0.170. The number of alkyl halides is 1. The Balaban J connectivity index is 3.36. The van der Waals surface area contributed by atoms with E-state index in [-0.39, 0.29) is 5.38 Å². The van der Waals surface area contributed by atoms with Crippen molar-refractivity contribution in [3.63, 3.8) is 0 Å². The van der Waals surface area contributed by atoms with E-state index in [1.165, 1.54) is 0 Å². The van der Waals surface area contributed by atoms with Crippen LogP contribution >= 0.6 is 44.8 Å². The molecule has 10 heavy (non-hydrogen) atoms. The second-order valence-corrected chi connectivity index (χ2v) is 12.1. The van der Waals surface area contributed by atoms with E-state index in [1.54, 1.807) is 0 Å². The smallest absolute Gasteiger partial charge is 0.126 e. The summed E-state index contributed by atoms with van der Waals surface area (Å²) in [5.41, 5.74) is 0. The molecular formula is C5H10Cl4Si. The standard InChI is InChI=1S/C5H10Cl4Si/c1-2-5(6)3-4-10(7,8)9/h5H,2-4H2,1H3. The van der Waals surface area contributed by atoms with Crippen LogP contribution in [0, 0.1) is 0 Å². The molecule has 5 heteroatoms. The summed E-state index contributed by atoms with van der Waals surface area (Å²) in [4.78, 5) is 0. The quantitative estimate of drug-likeness (QED) is 0.395. The van der Waals surface area contributed by atoms with Gasteiger partial charge in [0.1, 0.15) is 0 Å². The molecule has 0 saturated heterocycles. The summed E-state index contributed by atoms with van der Waals surface area (Å²) < 4.78 is 0. The first-order valence-electron chi connectivity index (χ1n) is 3.16. The van der Waals surface area contributed by atoms with Crippen molar-refractivity contribution in [2.45, 2.75) is 31.2 Å². The van der Waals surface area contributed by atoms with Crippen molar-refractivity contribution in [2.75, 3.05) is 0 Å². The largest absolute Gasteiger partial charge is 0.341 e. The number of hydrogen-bond acceptors (Lipinski definition) is 0. The summed E-state index contributed by atoms with van der Waals surface area (Å²) in [6.07, 6.45) is 1.76. The van der Waals surface area contributed by atoms with Crippen LogP contribution in [0.2, 0.25) is 6.04 Å². The van der Waals surface area contributed by atoms with Gasteiger partial charge in [0, 0.05) is 5.38 Å². The zero-order valence-electron chi connectivity index (χ0n) is 5.71. The molecule has 0 heterocycles. The average Bonchev–Trinajstić information content (AvgIpc) is 1.81. The molecule has 1 atom stereocenters. The highest BCUT2D eigenvalue weighted by Crippen LogP contribution is 2.28. The maximum Gasteiger partial charge on any atom is 0.341 e. The van der Waals surface area contributed by atoms with Crippen LogP contribution in [0.1, 0.15) is 19.8 Å². The molecule has 0 aromatic heterocycles. The maximum atomic E-state index is 5.82. The minimum atomic E-state index is -2.40. The highest BCUT2D eigenvalue weighted by molar-refractivity contribution is 7.64. The van der Waals surface area contributed by atoms with Crippen molar-refractivity contribution >= 4 is 50.8 Å². The van der Waals surface area contributed by atoms with Crippen LogP contribution in [-0.4, -0.2) is 11.4 Å². The Bertz CT molecular complexity index is 90.1. The van der Waals surface area contributed by atoms with E-state index in [4.69, 9.17) is 44.8 Å². The summed E-state index contributed by atoms with van der Waals surface area (Å²) in [6, 6.07) is -1.74. The van der Waals surface area contributed by atoms with Gasteiger partial charge in [-0.25, -0.2) is 0 Å². The maximum absolute atomic E-state index is 5.82. The summed E-state index contributed by atoms with van der Waals surface area (Å²) in [6.45, 7) is 2.03. The van der Waals surface area contributed by atoms with Crippen LogP contribution < -0.4 is 0 Å². The number of rotatable bonds is 4. The Hall–Kier alpha value is 1.38. The lowest BCUT2D eigenvalue weighted by atomic mass is 10.3. The predicted molar refractivity (Wildman–Crippen MR) is 52.7 cm³/mol. The molecular weight excluding hydrogens is 230 g/mol. The number of halogens is 4. The average molecular weight is 240 g/mol. The molecule has 0 aliphatic heterocycles. The van der Waals surface area contributed by atoms with Gasteiger partial charge in [0.25, 0.3) is 0 Å². The van der Waals surface area contributed by atoms with Crippen LogP contribution in [0.5, 0.6) is 0 Å². The van der Waals surface area contributed by atoms with Crippen molar-refractivity contribution in [3.8, 4) is 0 Å². The minimum absolute atomic E-state index is 0.170. The van der Waals surface area contributed by atoms with Gasteiger partial charge in [-0.1, -0.05) is 6.92 Å². The minimum Gasteiger partial charge on any atom is -0.126 e. The third-order valence-corrected chi connectivity index (χ3v) is 4.27. The van der Waals surface area contributed by atoms with Gasteiger partial charge in [-0.15, -0.1) is 44.8 Å². The Morgan fingerprint density at radius 1 is 1.30 bits per heavy atom. The van der Waals surface area contributed by atoms with Crippen molar-refractivity contribution < 1.29 is 0 Å². The molecule has 62 valence electrons. The van der Waals surface area contributed by atoms with Gasteiger partial charge in [-0.05, 0) is 18.9 Å². The van der Waals surface area contributed by atoms with Crippen molar-refractivity contribution in [1.82, 2.24) is 0 Å². The topological polar surface area (TPSA) is 0 Å². The normalized spacial score (nSPS) is 15.3. The first-order chi connectivity index (χ1) is 4.45. The van der Waals surface area contributed by atoms with Crippen LogP contribution in [0.25, 0.3) is 0 Å². The lowest BCUT2D eigenvalue weighted by Gasteiger charge is -2.09. The first kappa shape index (κ1) is 11.4. The Kier molecular flexibility index (Phi) is 5.80. The molecule has 0 aliphatic carbocycles. The van der Waals surface area contributed by atoms with E-state index < -0.39 is 6.00 Å². The molecule has 0 nitrogen and oxygen atoms in total. The molecule has 0 aromatic carbocycles. The van der Waals surface area contributed by atoms with Crippen molar-refractivity contribution in [1.29, 1.82) is 0 Å². The van der Waals surface area contributed by atoms with Crippen molar-refractivity contribution in [3.05, 3.63) is 0 Å². The second-order valence-electron chi connectivity index (χ2n) is 2.16. The molecule has 0 saturated carbocycles. The molecule has 1 unspecified atom stereocenters. The van der Waals surface area contributed by atoms with Crippen molar-refractivity contribution in [2.24, 2.45) is 0 Å². The monoisotopic (exact) mass is 238 g/mol. The van der Waals surface area contributed by atoms with E-state index in [2.05, 4.69) is 0 Å². The molecule has 0 rings (SSSR count). The van der Waals surface area contributed by atoms with Gasteiger partial charge in [0.05, 0.1) is 0 Å². The Morgan fingerprint density at radius 2 is 1.80 bits per heavy atom. The SMILES string of the molecule is CCC(Cl)CC[Si](Cl)(Cl)Cl. The van der Waals surface area contributed by atoms with Gasteiger partial charge in [0.2, 0.25) is 0 Å². The van der Waals surface area contributed by atoms with Gasteiger partial charge in [0.15, 0.2) is 0 Å². The van der Waals surface area contributed by atoms with Crippen LogP contribution in [0.15, 0.2) is 0 Å². The zero-order chi connectivity index (χ0) is 8.20. The fourth-order valence-electron chi connectivity index (χ4n) is 0.524. The molecule has 0 amide bonds. The van der Waals surface area contributed by atoms with Crippen LogP contribution in [0.3, 0.4) is 0 Å². The zero-order valence-corrected chi connectivity index (χ0v) is 9.73. The van der Waals surface area contributed by atoms with E-state index in [1.807, 2.05) is 6.92 Å². The van der Waals surface area contributed by atoms with E-state index >= 15 is 0 Å². The molecule has 0 bridgehead atoms. The Labute approximate surface area is 81.9 Å². The van der Waals surface area contributed by atoms with E-state index in [0.717, 1.165) is 12.8 Å². The van der Waals surface area contributed by atoms with Gasteiger partial charge < -0.3 is 0 Å². The highest BCUT2D eigenvalue weighted by atomic mass is 35.8. The first-order valence-corrected chi connectivity index (χ1v) is 8.84. The second kappa shape index (κ2) is 5.10. The van der Waals surface area contributed by atoms with Gasteiger partial charge in [-0.2, -0.15) is 0 Å². The molecule has 0 aliphatic rings. The third kappa shape index (κ3) is 7.48. The summed E-state index contributed by atoms with van der Waals surface area (Å²) in [5.74, 6) is 0.